The van der Waals surface area contributed by atoms with Gasteiger partial charge in [-0.2, -0.15) is 4.98 Å². The molecule has 0 saturated carbocycles. The molecule has 1 amide bonds. The van der Waals surface area contributed by atoms with Crippen molar-refractivity contribution in [1.29, 1.82) is 0 Å². The highest BCUT2D eigenvalue weighted by Gasteiger charge is 2.23. The van der Waals surface area contributed by atoms with Gasteiger partial charge in [0.1, 0.15) is 6.33 Å². The van der Waals surface area contributed by atoms with E-state index in [4.69, 9.17) is 4.74 Å². The quantitative estimate of drug-likeness (QED) is 0.539. The van der Waals surface area contributed by atoms with Crippen molar-refractivity contribution >= 4 is 17.4 Å². The maximum Gasteiger partial charge on any atom is 0.372 e. The van der Waals surface area contributed by atoms with E-state index in [1.165, 1.54) is 14.2 Å². The van der Waals surface area contributed by atoms with Crippen LogP contribution in [-0.4, -0.2) is 41.5 Å². The number of anilines is 1. The van der Waals surface area contributed by atoms with Crippen LogP contribution in [0.1, 0.15) is 6.42 Å². The summed E-state index contributed by atoms with van der Waals surface area (Å²) in [5, 5.41) is 16.0. The van der Waals surface area contributed by atoms with Crippen molar-refractivity contribution < 1.29 is 14.5 Å². The lowest BCUT2D eigenvalue weighted by molar-refractivity contribution is -0.385. The molecule has 0 fully saturated rings. The lowest BCUT2D eigenvalue weighted by atomic mass is 10.4. The number of ether oxygens (including phenoxy) is 1. The van der Waals surface area contributed by atoms with Crippen LogP contribution in [-0.2, 0) is 4.79 Å². The predicted octanol–water partition coefficient (Wildman–Crippen LogP) is -0.0586. The topological polar surface area (TPSA) is 119 Å². The number of hydrogen-bond donors (Lipinski definition) is 2. The average Bonchev–Trinajstić information content (AvgIpc) is 2.37. The maximum absolute atomic E-state index is 11.0. The third kappa shape index (κ3) is 3.27. The second kappa shape index (κ2) is 6.33. The number of carbonyl (C=O) groups excluding carboxylic acids is 1. The van der Waals surface area contributed by atoms with Gasteiger partial charge in [-0.05, 0) is 0 Å². The van der Waals surface area contributed by atoms with E-state index in [0.717, 1.165) is 6.33 Å². The van der Waals surface area contributed by atoms with Gasteiger partial charge in [-0.1, -0.05) is 0 Å². The first-order valence-electron chi connectivity index (χ1n) is 5.08. The summed E-state index contributed by atoms with van der Waals surface area (Å²) in [6.07, 6.45) is 1.33. The number of aromatic nitrogens is 2. The predicted molar refractivity (Wildman–Crippen MR) is 62.4 cm³/mol. The minimum absolute atomic E-state index is 0.0238. The Kier molecular flexibility index (Phi) is 4.78. The molecule has 0 aromatic carbocycles. The molecule has 0 aliphatic carbocycles. The van der Waals surface area contributed by atoms with Crippen LogP contribution < -0.4 is 15.4 Å². The number of nitro groups is 1. The van der Waals surface area contributed by atoms with Crippen molar-refractivity contribution in [1.82, 2.24) is 15.3 Å². The monoisotopic (exact) mass is 255 g/mol. The van der Waals surface area contributed by atoms with Crippen LogP contribution in [0.15, 0.2) is 6.33 Å². The molecule has 9 heteroatoms. The Hall–Kier alpha value is -2.45. The Morgan fingerprint density at radius 3 is 2.83 bits per heavy atom. The lowest BCUT2D eigenvalue weighted by Gasteiger charge is -2.07. The van der Waals surface area contributed by atoms with E-state index in [1.807, 2.05) is 0 Å². The van der Waals surface area contributed by atoms with Crippen molar-refractivity contribution in [2.24, 2.45) is 0 Å². The number of methoxy groups -OCH3 is 1. The summed E-state index contributed by atoms with van der Waals surface area (Å²) in [6, 6.07) is 0. The van der Waals surface area contributed by atoms with Crippen molar-refractivity contribution in [3.8, 4) is 5.88 Å². The third-order valence-electron chi connectivity index (χ3n) is 2.09. The molecule has 1 heterocycles. The zero-order chi connectivity index (χ0) is 13.5. The first-order chi connectivity index (χ1) is 8.60. The Morgan fingerprint density at radius 2 is 2.28 bits per heavy atom. The summed E-state index contributed by atoms with van der Waals surface area (Å²) in [5.41, 5.74) is -0.350. The molecule has 0 radical (unpaired) electrons. The SMILES string of the molecule is CNC(=O)CCNc1ncnc(OC)c1[N+](=O)[O-]. The fraction of sp³-hybridized carbons (Fsp3) is 0.444. The van der Waals surface area contributed by atoms with Crippen LogP contribution in [0, 0.1) is 10.1 Å². The Morgan fingerprint density at radius 1 is 1.56 bits per heavy atom. The molecule has 0 saturated heterocycles. The molecule has 1 rings (SSSR count). The number of nitrogens with one attached hydrogen (secondary N) is 2. The molecule has 0 aliphatic heterocycles. The number of amides is 1. The highest BCUT2D eigenvalue weighted by atomic mass is 16.6. The number of carbonyl (C=O) groups is 1. The van der Waals surface area contributed by atoms with E-state index < -0.39 is 4.92 Å². The molecule has 2 N–H and O–H groups in total. The minimum Gasteiger partial charge on any atom is -0.476 e. The molecular formula is C9H13N5O4. The van der Waals surface area contributed by atoms with E-state index in [9.17, 15) is 14.9 Å². The fourth-order valence-electron chi connectivity index (χ4n) is 1.23. The zero-order valence-corrected chi connectivity index (χ0v) is 9.97. The Labute approximate surface area is 103 Å². The smallest absolute Gasteiger partial charge is 0.372 e. The summed E-state index contributed by atoms with van der Waals surface area (Å²) >= 11 is 0. The first-order valence-corrected chi connectivity index (χ1v) is 5.08. The Bertz CT molecular complexity index is 451. The van der Waals surface area contributed by atoms with Gasteiger partial charge in [0.05, 0.1) is 12.0 Å². The summed E-state index contributed by atoms with van der Waals surface area (Å²) in [5.74, 6) is -0.278. The van der Waals surface area contributed by atoms with Crippen LogP contribution in [0.25, 0.3) is 0 Å². The van der Waals surface area contributed by atoms with Gasteiger partial charge in [-0.15, -0.1) is 0 Å². The molecular weight excluding hydrogens is 242 g/mol. The number of nitrogens with zero attached hydrogens (tertiary/aromatic N) is 3. The van der Waals surface area contributed by atoms with E-state index in [-0.39, 0.29) is 36.3 Å². The van der Waals surface area contributed by atoms with Crippen LogP contribution in [0.4, 0.5) is 11.5 Å². The normalized spacial score (nSPS) is 9.67. The van der Waals surface area contributed by atoms with Crippen LogP contribution in [0.5, 0.6) is 5.88 Å². The van der Waals surface area contributed by atoms with Crippen LogP contribution >= 0.6 is 0 Å². The van der Waals surface area contributed by atoms with Crippen molar-refractivity contribution in [2.45, 2.75) is 6.42 Å². The van der Waals surface area contributed by atoms with Crippen LogP contribution in [0.3, 0.4) is 0 Å². The highest BCUT2D eigenvalue weighted by molar-refractivity contribution is 5.76. The number of rotatable bonds is 6. The maximum atomic E-state index is 11.0. The standard InChI is InChI=1S/C9H13N5O4/c1-10-6(15)3-4-11-8-7(14(16)17)9(18-2)13-5-12-8/h5H,3-4H2,1-2H3,(H,10,15)(H,11,12,13). The molecule has 1 aromatic rings. The summed E-state index contributed by atoms with van der Waals surface area (Å²) in [7, 11) is 2.79. The molecule has 0 spiro atoms. The van der Waals surface area contributed by atoms with Crippen molar-refractivity contribution in [2.75, 3.05) is 26.0 Å². The van der Waals surface area contributed by atoms with Gasteiger partial charge in [0.15, 0.2) is 0 Å². The van der Waals surface area contributed by atoms with Gasteiger partial charge < -0.3 is 15.4 Å². The molecule has 98 valence electrons. The number of hydrogen-bond acceptors (Lipinski definition) is 7. The molecule has 0 bridgehead atoms. The highest BCUT2D eigenvalue weighted by Crippen LogP contribution is 2.30. The lowest BCUT2D eigenvalue weighted by Crippen LogP contribution is -2.21. The average molecular weight is 255 g/mol. The molecule has 0 unspecified atom stereocenters. The first kappa shape index (κ1) is 13.6. The van der Waals surface area contributed by atoms with Gasteiger partial charge in [-0.3, -0.25) is 14.9 Å². The van der Waals surface area contributed by atoms with Crippen molar-refractivity contribution in [3.63, 3.8) is 0 Å². The largest absolute Gasteiger partial charge is 0.476 e. The molecule has 18 heavy (non-hydrogen) atoms. The molecule has 0 atom stereocenters. The zero-order valence-electron chi connectivity index (χ0n) is 9.97. The molecule has 1 aromatic heterocycles. The van der Waals surface area contributed by atoms with Crippen LogP contribution in [0.2, 0.25) is 0 Å². The van der Waals surface area contributed by atoms with Gasteiger partial charge >= 0.3 is 5.69 Å². The van der Waals surface area contributed by atoms with Gasteiger partial charge in [-0.25, -0.2) is 4.98 Å². The van der Waals surface area contributed by atoms with Gasteiger partial charge in [0.25, 0.3) is 5.88 Å². The van der Waals surface area contributed by atoms with E-state index in [2.05, 4.69) is 20.6 Å². The second-order valence-electron chi connectivity index (χ2n) is 3.19. The molecule has 0 aliphatic rings. The van der Waals surface area contributed by atoms with Gasteiger partial charge in [0.2, 0.25) is 11.7 Å². The summed E-state index contributed by atoms with van der Waals surface area (Å²) < 4.78 is 4.78. The van der Waals surface area contributed by atoms with E-state index in [0.29, 0.717) is 0 Å². The van der Waals surface area contributed by atoms with E-state index >= 15 is 0 Å². The summed E-state index contributed by atoms with van der Waals surface area (Å²) in [6.45, 7) is 0.223. The Balaban J connectivity index is 2.82. The van der Waals surface area contributed by atoms with Gasteiger partial charge in [0, 0.05) is 20.0 Å². The second-order valence-corrected chi connectivity index (χ2v) is 3.19. The van der Waals surface area contributed by atoms with Crippen molar-refractivity contribution in [3.05, 3.63) is 16.4 Å². The van der Waals surface area contributed by atoms with E-state index in [1.54, 1.807) is 0 Å². The molecule has 9 nitrogen and oxygen atoms in total. The fourth-order valence-corrected chi connectivity index (χ4v) is 1.23. The minimum atomic E-state index is -0.638. The summed E-state index contributed by atoms with van der Waals surface area (Å²) in [4.78, 5) is 28.6. The third-order valence-corrected chi connectivity index (χ3v) is 2.09.